The Labute approximate surface area is 95.8 Å². The SMILES string of the molecule is O=C(C[C@H]1CCNC1)OCc1ccccc1. The molecule has 0 saturated carbocycles. The average Bonchev–Trinajstić information content (AvgIpc) is 2.81. The Balaban J connectivity index is 1.71. The van der Waals surface area contributed by atoms with Gasteiger partial charge in [-0.2, -0.15) is 0 Å². The lowest BCUT2D eigenvalue weighted by atomic mass is 10.1. The predicted octanol–water partition coefficient (Wildman–Crippen LogP) is 1.73. The van der Waals surface area contributed by atoms with Crippen LogP contribution in [0.15, 0.2) is 30.3 Å². The molecule has 3 nitrogen and oxygen atoms in total. The Morgan fingerprint density at radius 3 is 2.88 bits per heavy atom. The van der Waals surface area contributed by atoms with Crippen LogP contribution in [0.3, 0.4) is 0 Å². The van der Waals surface area contributed by atoms with E-state index in [0.29, 0.717) is 18.9 Å². The molecule has 1 saturated heterocycles. The van der Waals surface area contributed by atoms with Crippen LogP contribution in [0.4, 0.5) is 0 Å². The van der Waals surface area contributed by atoms with Crippen molar-refractivity contribution in [2.24, 2.45) is 5.92 Å². The van der Waals surface area contributed by atoms with E-state index in [-0.39, 0.29) is 5.97 Å². The normalized spacial score (nSPS) is 19.6. The maximum Gasteiger partial charge on any atom is 0.306 e. The number of nitrogens with one attached hydrogen (secondary N) is 1. The monoisotopic (exact) mass is 219 g/mol. The number of carbonyl (C=O) groups excluding carboxylic acids is 1. The maximum absolute atomic E-state index is 11.5. The molecule has 0 aliphatic carbocycles. The third-order valence-corrected chi connectivity index (χ3v) is 2.86. The van der Waals surface area contributed by atoms with E-state index in [1.165, 1.54) is 0 Å². The molecule has 0 unspecified atom stereocenters. The molecule has 1 atom stereocenters. The molecule has 1 heterocycles. The minimum absolute atomic E-state index is 0.0856. The van der Waals surface area contributed by atoms with Gasteiger partial charge < -0.3 is 10.1 Å². The fourth-order valence-electron chi connectivity index (χ4n) is 1.92. The van der Waals surface area contributed by atoms with Crippen LogP contribution in [0.25, 0.3) is 0 Å². The molecule has 0 bridgehead atoms. The molecule has 1 N–H and O–H groups in total. The van der Waals surface area contributed by atoms with Gasteiger partial charge in [0.15, 0.2) is 0 Å². The van der Waals surface area contributed by atoms with Gasteiger partial charge >= 0.3 is 5.97 Å². The minimum Gasteiger partial charge on any atom is -0.461 e. The Morgan fingerprint density at radius 1 is 1.38 bits per heavy atom. The molecule has 0 aromatic heterocycles. The van der Waals surface area contributed by atoms with E-state index < -0.39 is 0 Å². The van der Waals surface area contributed by atoms with E-state index in [1.54, 1.807) is 0 Å². The van der Waals surface area contributed by atoms with Gasteiger partial charge in [-0.1, -0.05) is 30.3 Å². The smallest absolute Gasteiger partial charge is 0.306 e. The summed E-state index contributed by atoms with van der Waals surface area (Å²) >= 11 is 0. The quantitative estimate of drug-likeness (QED) is 0.784. The van der Waals surface area contributed by atoms with E-state index in [1.807, 2.05) is 30.3 Å². The largest absolute Gasteiger partial charge is 0.461 e. The van der Waals surface area contributed by atoms with Crippen LogP contribution in [0.2, 0.25) is 0 Å². The van der Waals surface area contributed by atoms with Gasteiger partial charge in [0.1, 0.15) is 6.61 Å². The second-order valence-electron chi connectivity index (χ2n) is 4.21. The molecule has 86 valence electrons. The summed E-state index contributed by atoms with van der Waals surface area (Å²) in [6.45, 7) is 2.36. The van der Waals surface area contributed by atoms with E-state index in [0.717, 1.165) is 25.1 Å². The Kier molecular flexibility index (Phi) is 3.94. The van der Waals surface area contributed by atoms with Crippen LogP contribution >= 0.6 is 0 Å². The van der Waals surface area contributed by atoms with Crippen LogP contribution in [-0.2, 0) is 16.1 Å². The van der Waals surface area contributed by atoms with E-state index in [9.17, 15) is 4.79 Å². The fraction of sp³-hybridized carbons (Fsp3) is 0.462. The summed E-state index contributed by atoms with van der Waals surface area (Å²) in [4.78, 5) is 11.5. The number of hydrogen-bond acceptors (Lipinski definition) is 3. The third-order valence-electron chi connectivity index (χ3n) is 2.86. The first-order chi connectivity index (χ1) is 7.84. The summed E-state index contributed by atoms with van der Waals surface area (Å²) in [5, 5.41) is 3.24. The summed E-state index contributed by atoms with van der Waals surface area (Å²) < 4.78 is 5.22. The van der Waals surface area contributed by atoms with Crippen LogP contribution in [0, 0.1) is 5.92 Å². The Hall–Kier alpha value is -1.35. The minimum atomic E-state index is -0.0856. The maximum atomic E-state index is 11.5. The van der Waals surface area contributed by atoms with Crippen molar-refractivity contribution in [2.75, 3.05) is 13.1 Å². The van der Waals surface area contributed by atoms with Gasteiger partial charge in [0, 0.05) is 6.42 Å². The van der Waals surface area contributed by atoms with Crippen LogP contribution in [0.1, 0.15) is 18.4 Å². The van der Waals surface area contributed by atoms with Gasteiger partial charge in [-0.15, -0.1) is 0 Å². The van der Waals surface area contributed by atoms with Crippen molar-refractivity contribution < 1.29 is 9.53 Å². The standard InChI is InChI=1S/C13H17NO2/c15-13(8-12-6-7-14-9-12)16-10-11-4-2-1-3-5-11/h1-5,12,14H,6-10H2/t12-/m1/s1. The summed E-state index contributed by atoms with van der Waals surface area (Å²) in [6, 6.07) is 9.78. The fourth-order valence-corrected chi connectivity index (χ4v) is 1.92. The highest BCUT2D eigenvalue weighted by molar-refractivity contribution is 5.69. The molecule has 0 radical (unpaired) electrons. The van der Waals surface area contributed by atoms with Crippen molar-refractivity contribution in [2.45, 2.75) is 19.4 Å². The molecule has 0 spiro atoms. The summed E-state index contributed by atoms with van der Waals surface area (Å²) in [5.74, 6) is 0.376. The molecule has 1 aromatic rings. The van der Waals surface area contributed by atoms with Crippen molar-refractivity contribution in [3.05, 3.63) is 35.9 Å². The van der Waals surface area contributed by atoms with Gasteiger partial charge in [0.2, 0.25) is 0 Å². The van der Waals surface area contributed by atoms with Gasteiger partial charge in [-0.25, -0.2) is 0 Å². The van der Waals surface area contributed by atoms with Gasteiger partial charge in [0.05, 0.1) is 0 Å². The van der Waals surface area contributed by atoms with E-state index in [4.69, 9.17) is 4.74 Å². The second kappa shape index (κ2) is 5.66. The first kappa shape index (κ1) is 11.1. The van der Waals surface area contributed by atoms with Crippen molar-refractivity contribution in [3.8, 4) is 0 Å². The average molecular weight is 219 g/mol. The first-order valence-electron chi connectivity index (χ1n) is 5.75. The van der Waals surface area contributed by atoms with E-state index in [2.05, 4.69) is 5.32 Å². The molecular formula is C13H17NO2. The van der Waals surface area contributed by atoms with Crippen LogP contribution in [-0.4, -0.2) is 19.1 Å². The number of ether oxygens (including phenoxy) is 1. The Bertz CT molecular complexity index is 331. The van der Waals surface area contributed by atoms with Crippen molar-refractivity contribution in [1.29, 1.82) is 0 Å². The molecule has 2 rings (SSSR count). The van der Waals surface area contributed by atoms with Gasteiger partial charge in [-0.05, 0) is 31.0 Å². The lowest BCUT2D eigenvalue weighted by molar-refractivity contribution is -0.145. The molecule has 3 heteroatoms. The molecular weight excluding hydrogens is 202 g/mol. The number of benzene rings is 1. The van der Waals surface area contributed by atoms with Crippen molar-refractivity contribution in [1.82, 2.24) is 5.32 Å². The lowest BCUT2D eigenvalue weighted by Crippen LogP contribution is -2.14. The molecule has 0 amide bonds. The summed E-state index contributed by atoms with van der Waals surface area (Å²) in [5.41, 5.74) is 1.04. The van der Waals surface area contributed by atoms with Crippen molar-refractivity contribution in [3.63, 3.8) is 0 Å². The van der Waals surface area contributed by atoms with E-state index >= 15 is 0 Å². The number of esters is 1. The molecule has 1 aliphatic heterocycles. The van der Waals surface area contributed by atoms with Crippen molar-refractivity contribution >= 4 is 5.97 Å². The highest BCUT2D eigenvalue weighted by Gasteiger charge is 2.18. The second-order valence-corrected chi connectivity index (χ2v) is 4.21. The zero-order valence-electron chi connectivity index (χ0n) is 9.32. The molecule has 1 aromatic carbocycles. The van der Waals surface area contributed by atoms with Crippen LogP contribution in [0.5, 0.6) is 0 Å². The third kappa shape index (κ3) is 3.35. The molecule has 1 fully saturated rings. The lowest BCUT2D eigenvalue weighted by Gasteiger charge is -2.08. The zero-order valence-corrected chi connectivity index (χ0v) is 9.32. The summed E-state index contributed by atoms with van der Waals surface area (Å²) in [7, 11) is 0. The molecule has 1 aliphatic rings. The highest BCUT2D eigenvalue weighted by Crippen LogP contribution is 2.13. The number of hydrogen-bond donors (Lipinski definition) is 1. The highest BCUT2D eigenvalue weighted by atomic mass is 16.5. The zero-order chi connectivity index (χ0) is 11.2. The number of carbonyl (C=O) groups is 1. The first-order valence-corrected chi connectivity index (χ1v) is 5.75. The number of rotatable bonds is 4. The summed E-state index contributed by atoms with van der Waals surface area (Å²) in [6.07, 6.45) is 1.63. The van der Waals surface area contributed by atoms with Gasteiger partial charge in [-0.3, -0.25) is 4.79 Å². The van der Waals surface area contributed by atoms with Crippen LogP contribution < -0.4 is 5.32 Å². The molecule has 16 heavy (non-hydrogen) atoms. The predicted molar refractivity (Wildman–Crippen MR) is 61.8 cm³/mol. The topological polar surface area (TPSA) is 38.3 Å². The Morgan fingerprint density at radius 2 is 2.19 bits per heavy atom. The van der Waals surface area contributed by atoms with Gasteiger partial charge in [0.25, 0.3) is 0 Å².